The van der Waals surface area contributed by atoms with Crippen LogP contribution in [0, 0.1) is 17.3 Å². The van der Waals surface area contributed by atoms with Crippen molar-refractivity contribution in [2.75, 3.05) is 19.6 Å². The summed E-state index contributed by atoms with van der Waals surface area (Å²) in [5, 5.41) is 3.46. The molecule has 12 heavy (non-hydrogen) atoms. The summed E-state index contributed by atoms with van der Waals surface area (Å²) < 4.78 is 0. The molecule has 1 aliphatic rings. The van der Waals surface area contributed by atoms with E-state index in [9.17, 15) is 0 Å². The molecule has 0 aromatic carbocycles. The molecule has 0 bridgehead atoms. The Hall–Kier alpha value is -0.0800. The Bertz CT molecular complexity index is 137. The van der Waals surface area contributed by atoms with Crippen LogP contribution in [0.25, 0.3) is 0 Å². The lowest BCUT2D eigenvalue weighted by molar-refractivity contribution is 0.159. The molecule has 1 fully saturated rings. The molecule has 1 aliphatic heterocycles. The third-order valence-corrected chi connectivity index (χ3v) is 3.00. The fraction of sp³-hybridized carbons (Fsp3) is 1.00. The van der Waals surface area contributed by atoms with E-state index in [0.29, 0.717) is 11.3 Å². The highest BCUT2D eigenvalue weighted by Gasteiger charge is 2.29. The van der Waals surface area contributed by atoms with E-state index in [2.05, 4.69) is 26.1 Å². The number of hydrogen-bond donors (Lipinski definition) is 2. The van der Waals surface area contributed by atoms with Crippen molar-refractivity contribution < 1.29 is 0 Å². The van der Waals surface area contributed by atoms with Crippen LogP contribution in [0.1, 0.15) is 27.2 Å². The molecule has 2 atom stereocenters. The van der Waals surface area contributed by atoms with Crippen molar-refractivity contribution >= 4 is 0 Å². The first-order valence-corrected chi connectivity index (χ1v) is 4.95. The first-order chi connectivity index (χ1) is 5.54. The minimum absolute atomic E-state index is 0.431. The van der Waals surface area contributed by atoms with Crippen LogP contribution in [-0.4, -0.2) is 19.6 Å². The predicted molar refractivity (Wildman–Crippen MR) is 53.0 cm³/mol. The Morgan fingerprint density at radius 2 is 2.00 bits per heavy atom. The van der Waals surface area contributed by atoms with Crippen molar-refractivity contribution in [3.05, 3.63) is 0 Å². The van der Waals surface area contributed by atoms with Gasteiger partial charge in [0.2, 0.25) is 0 Å². The van der Waals surface area contributed by atoms with E-state index in [1.54, 1.807) is 0 Å². The maximum absolute atomic E-state index is 5.67. The summed E-state index contributed by atoms with van der Waals surface area (Å²) in [6.45, 7) is 10.1. The zero-order valence-corrected chi connectivity index (χ0v) is 8.56. The second kappa shape index (κ2) is 3.75. The lowest BCUT2D eigenvalue weighted by atomic mass is 9.74. The van der Waals surface area contributed by atoms with Crippen LogP contribution in [0.3, 0.4) is 0 Å². The molecular formula is C10H22N2. The lowest BCUT2D eigenvalue weighted by Gasteiger charge is -2.37. The van der Waals surface area contributed by atoms with Gasteiger partial charge >= 0.3 is 0 Å². The van der Waals surface area contributed by atoms with Gasteiger partial charge in [-0.25, -0.2) is 0 Å². The Morgan fingerprint density at radius 3 is 2.50 bits per heavy atom. The molecule has 2 nitrogen and oxygen atoms in total. The fourth-order valence-corrected chi connectivity index (χ4v) is 1.87. The Morgan fingerprint density at radius 1 is 1.33 bits per heavy atom. The molecule has 1 rings (SSSR count). The van der Waals surface area contributed by atoms with Crippen molar-refractivity contribution in [1.82, 2.24) is 5.32 Å². The monoisotopic (exact) mass is 170 g/mol. The zero-order valence-electron chi connectivity index (χ0n) is 8.56. The highest BCUT2D eigenvalue weighted by molar-refractivity contribution is 4.83. The summed E-state index contributed by atoms with van der Waals surface area (Å²) in [6.07, 6.45) is 1.30. The molecule has 1 heterocycles. The Kier molecular flexibility index (Phi) is 3.13. The summed E-state index contributed by atoms with van der Waals surface area (Å²) in [4.78, 5) is 0. The molecular weight excluding hydrogens is 148 g/mol. The molecule has 3 N–H and O–H groups in total. The zero-order chi connectivity index (χ0) is 9.19. The minimum atomic E-state index is 0.431. The first kappa shape index (κ1) is 10.0. The van der Waals surface area contributed by atoms with E-state index >= 15 is 0 Å². The van der Waals surface area contributed by atoms with E-state index in [0.717, 1.165) is 19.0 Å². The van der Waals surface area contributed by atoms with Crippen LogP contribution < -0.4 is 11.1 Å². The van der Waals surface area contributed by atoms with Gasteiger partial charge in [-0.05, 0) is 43.3 Å². The average Bonchev–Trinajstić information content (AvgIpc) is 2.03. The molecule has 0 amide bonds. The van der Waals surface area contributed by atoms with Gasteiger partial charge in [-0.15, -0.1) is 0 Å². The van der Waals surface area contributed by atoms with Crippen molar-refractivity contribution in [2.24, 2.45) is 23.0 Å². The molecule has 0 aromatic heterocycles. The van der Waals surface area contributed by atoms with Crippen molar-refractivity contribution in [3.8, 4) is 0 Å². The van der Waals surface area contributed by atoms with E-state index in [1.165, 1.54) is 13.0 Å². The Labute approximate surface area is 75.9 Å². The highest BCUT2D eigenvalue weighted by atomic mass is 14.9. The van der Waals surface area contributed by atoms with Crippen molar-refractivity contribution in [1.29, 1.82) is 0 Å². The van der Waals surface area contributed by atoms with E-state index < -0.39 is 0 Å². The Balaban J connectivity index is 2.46. The van der Waals surface area contributed by atoms with Gasteiger partial charge in [-0.2, -0.15) is 0 Å². The maximum atomic E-state index is 5.67. The van der Waals surface area contributed by atoms with Crippen LogP contribution >= 0.6 is 0 Å². The third kappa shape index (κ3) is 2.46. The average molecular weight is 170 g/mol. The molecule has 0 saturated carbocycles. The summed E-state index contributed by atoms with van der Waals surface area (Å²) in [5.41, 5.74) is 6.10. The SMILES string of the molecule is CC(C)(C)[C@@H]1CNC[C@H](CN)C1. The van der Waals surface area contributed by atoms with Gasteiger partial charge in [0.15, 0.2) is 0 Å². The molecule has 0 aliphatic carbocycles. The fourth-order valence-electron chi connectivity index (χ4n) is 1.87. The third-order valence-electron chi connectivity index (χ3n) is 3.00. The molecule has 72 valence electrons. The van der Waals surface area contributed by atoms with Crippen LogP contribution in [0.4, 0.5) is 0 Å². The van der Waals surface area contributed by atoms with E-state index in [1.807, 2.05) is 0 Å². The lowest BCUT2D eigenvalue weighted by Crippen LogP contribution is -2.43. The molecule has 0 aromatic rings. The minimum Gasteiger partial charge on any atom is -0.330 e. The van der Waals surface area contributed by atoms with Gasteiger partial charge in [0.25, 0.3) is 0 Å². The quantitative estimate of drug-likeness (QED) is 0.621. The van der Waals surface area contributed by atoms with Crippen LogP contribution in [-0.2, 0) is 0 Å². The van der Waals surface area contributed by atoms with Gasteiger partial charge in [0.1, 0.15) is 0 Å². The number of piperidine rings is 1. The molecule has 1 saturated heterocycles. The maximum Gasteiger partial charge on any atom is -0.000823 e. The topological polar surface area (TPSA) is 38.0 Å². The number of hydrogen-bond acceptors (Lipinski definition) is 2. The van der Waals surface area contributed by atoms with E-state index in [-0.39, 0.29) is 0 Å². The van der Waals surface area contributed by atoms with Crippen LogP contribution in [0.15, 0.2) is 0 Å². The molecule has 0 radical (unpaired) electrons. The normalized spacial score (nSPS) is 32.0. The molecule has 0 unspecified atom stereocenters. The summed E-state index contributed by atoms with van der Waals surface area (Å²) >= 11 is 0. The summed E-state index contributed by atoms with van der Waals surface area (Å²) in [6, 6.07) is 0. The van der Waals surface area contributed by atoms with Gasteiger partial charge < -0.3 is 11.1 Å². The van der Waals surface area contributed by atoms with Crippen molar-refractivity contribution in [3.63, 3.8) is 0 Å². The molecule has 0 spiro atoms. The second-order valence-electron chi connectivity index (χ2n) is 5.06. The van der Waals surface area contributed by atoms with Gasteiger partial charge in [-0.1, -0.05) is 20.8 Å². The van der Waals surface area contributed by atoms with Crippen molar-refractivity contribution in [2.45, 2.75) is 27.2 Å². The predicted octanol–water partition coefficient (Wildman–Crippen LogP) is 1.22. The first-order valence-electron chi connectivity index (χ1n) is 4.95. The highest BCUT2D eigenvalue weighted by Crippen LogP contribution is 2.32. The standard InChI is InChI=1S/C10H22N2/c1-10(2,3)9-4-8(5-11)6-12-7-9/h8-9,12H,4-7,11H2,1-3H3/t8-,9-/m0/s1. The summed E-state index contributed by atoms with van der Waals surface area (Å²) in [7, 11) is 0. The van der Waals surface area contributed by atoms with Crippen LogP contribution in [0.2, 0.25) is 0 Å². The van der Waals surface area contributed by atoms with Crippen LogP contribution in [0.5, 0.6) is 0 Å². The van der Waals surface area contributed by atoms with E-state index in [4.69, 9.17) is 5.73 Å². The number of rotatable bonds is 1. The molecule has 2 heteroatoms. The van der Waals surface area contributed by atoms with Gasteiger partial charge in [0.05, 0.1) is 0 Å². The summed E-state index contributed by atoms with van der Waals surface area (Å²) in [5.74, 6) is 1.49. The second-order valence-corrected chi connectivity index (χ2v) is 5.06. The number of nitrogens with two attached hydrogens (primary N) is 1. The largest absolute Gasteiger partial charge is 0.330 e. The van der Waals surface area contributed by atoms with Gasteiger partial charge in [-0.3, -0.25) is 0 Å². The smallest absolute Gasteiger partial charge is 0.000823 e. The number of nitrogens with one attached hydrogen (secondary N) is 1. The van der Waals surface area contributed by atoms with Gasteiger partial charge in [0, 0.05) is 0 Å².